The summed E-state index contributed by atoms with van der Waals surface area (Å²) in [5.74, 6) is -0.407. The predicted octanol–water partition coefficient (Wildman–Crippen LogP) is 3.42. The molecule has 1 heterocycles. The molecule has 0 aliphatic rings. The minimum Gasteiger partial charge on any atom is -0.350 e. The smallest absolute Gasteiger partial charge is 0.253 e. The normalized spacial score (nSPS) is 11.9. The zero-order chi connectivity index (χ0) is 14.5. The maximum atomic E-state index is 12.9. The number of benzene rings is 1. The number of rotatable bonds is 4. The van der Waals surface area contributed by atoms with Crippen LogP contribution in [0.15, 0.2) is 42.6 Å². The summed E-state index contributed by atoms with van der Waals surface area (Å²) in [6.07, 6.45) is 2.42. The summed E-state index contributed by atoms with van der Waals surface area (Å²) in [5, 5.41) is 2.88. The first kappa shape index (κ1) is 14.2. The molecule has 2 rings (SSSR count). The number of amides is 1. The van der Waals surface area contributed by atoms with Crippen molar-refractivity contribution in [2.75, 3.05) is 0 Å². The SMILES string of the molecule is CC[C@H](C)NC(=O)c1ccc(-c2ccc(F)cc2)nc1. The summed E-state index contributed by atoms with van der Waals surface area (Å²) >= 11 is 0. The van der Waals surface area contributed by atoms with E-state index in [1.807, 2.05) is 13.8 Å². The molecule has 104 valence electrons. The Hall–Kier alpha value is -2.23. The van der Waals surface area contributed by atoms with Gasteiger partial charge in [0, 0.05) is 17.8 Å². The van der Waals surface area contributed by atoms with Gasteiger partial charge in [-0.25, -0.2) is 4.39 Å². The lowest BCUT2D eigenvalue weighted by Crippen LogP contribution is -2.31. The fraction of sp³-hybridized carbons (Fsp3) is 0.250. The van der Waals surface area contributed by atoms with Gasteiger partial charge in [-0.05, 0) is 49.7 Å². The van der Waals surface area contributed by atoms with Crippen molar-refractivity contribution >= 4 is 5.91 Å². The first-order valence-corrected chi connectivity index (χ1v) is 6.63. The van der Waals surface area contributed by atoms with Crippen molar-refractivity contribution in [3.8, 4) is 11.3 Å². The van der Waals surface area contributed by atoms with Gasteiger partial charge in [0.05, 0.1) is 11.3 Å². The molecule has 0 aliphatic carbocycles. The average Bonchev–Trinajstić information content (AvgIpc) is 2.48. The molecule has 0 aliphatic heterocycles. The van der Waals surface area contributed by atoms with E-state index in [1.165, 1.54) is 18.3 Å². The molecule has 0 unspecified atom stereocenters. The number of aromatic nitrogens is 1. The maximum Gasteiger partial charge on any atom is 0.253 e. The Morgan fingerprint density at radius 1 is 1.25 bits per heavy atom. The van der Waals surface area contributed by atoms with Crippen LogP contribution in [0, 0.1) is 5.82 Å². The van der Waals surface area contributed by atoms with Crippen LogP contribution in [0.3, 0.4) is 0 Å². The first-order chi connectivity index (χ1) is 9.60. The molecule has 0 spiro atoms. The molecule has 1 N–H and O–H groups in total. The Morgan fingerprint density at radius 2 is 1.95 bits per heavy atom. The lowest BCUT2D eigenvalue weighted by Gasteiger charge is -2.11. The number of pyridine rings is 1. The van der Waals surface area contributed by atoms with Gasteiger partial charge in [-0.2, -0.15) is 0 Å². The molecule has 3 nitrogen and oxygen atoms in total. The number of hydrogen-bond donors (Lipinski definition) is 1. The molecule has 1 amide bonds. The quantitative estimate of drug-likeness (QED) is 0.926. The number of carbonyl (C=O) groups excluding carboxylic acids is 1. The second kappa shape index (κ2) is 6.28. The van der Waals surface area contributed by atoms with Crippen LogP contribution in [0.2, 0.25) is 0 Å². The maximum absolute atomic E-state index is 12.9. The van der Waals surface area contributed by atoms with Gasteiger partial charge >= 0.3 is 0 Å². The fourth-order valence-corrected chi connectivity index (χ4v) is 1.73. The third-order valence-corrected chi connectivity index (χ3v) is 3.16. The minimum atomic E-state index is -0.279. The molecule has 4 heteroatoms. The molecule has 20 heavy (non-hydrogen) atoms. The van der Waals surface area contributed by atoms with Crippen molar-refractivity contribution in [1.82, 2.24) is 10.3 Å². The number of nitrogens with zero attached hydrogens (tertiary/aromatic N) is 1. The molecule has 1 aromatic heterocycles. The van der Waals surface area contributed by atoms with Gasteiger partial charge in [0.2, 0.25) is 0 Å². The molecule has 2 aromatic rings. The van der Waals surface area contributed by atoms with Crippen molar-refractivity contribution < 1.29 is 9.18 Å². The summed E-state index contributed by atoms with van der Waals surface area (Å²) in [7, 11) is 0. The van der Waals surface area contributed by atoms with E-state index in [0.717, 1.165) is 12.0 Å². The zero-order valence-electron chi connectivity index (χ0n) is 11.6. The van der Waals surface area contributed by atoms with E-state index >= 15 is 0 Å². The summed E-state index contributed by atoms with van der Waals surface area (Å²) in [6, 6.07) is 9.73. The van der Waals surface area contributed by atoms with Crippen molar-refractivity contribution in [2.45, 2.75) is 26.3 Å². The van der Waals surface area contributed by atoms with Gasteiger partial charge in [-0.3, -0.25) is 9.78 Å². The van der Waals surface area contributed by atoms with Crippen LogP contribution in [0.1, 0.15) is 30.6 Å². The second-order valence-electron chi connectivity index (χ2n) is 4.72. The topological polar surface area (TPSA) is 42.0 Å². The molecule has 0 radical (unpaired) electrons. The third kappa shape index (κ3) is 3.41. The molecule has 1 atom stereocenters. The van der Waals surface area contributed by atoms with Crippen LogP contribution >= 0.6 is 0 Å². The largest absolute Gasteiger partial charge is 0.350 e. The molecular formula is C16H17FN2O. The van der Waals surface area contributed by atoms with E-state index in [9.17, 15) is 9.18 Å². The van der Waals surface area contributed by atoms with Gasteiger partial charge in [-0.1, -0.05) is 6.92 Å². The molecule has 0 saturated heterocycles. The van der Waals surface area contributed by atoms with Crippen molar-refractivity contribution in [3.05, 3.63) is 54.0 Å². The number of nitrogens with one attached hydrogen (secondary N) is 1. The van der Waals surface area contributed by atoms with Gasteiger partial charge in [0.15, 0.2) is 0 Å². The molecule has 0 bridgehead atoms. The van der Waals surface area contributed by atoms with Crippen LogP contribution in [0.5, 0.6) is 0 Å². The number of hydrogen-bond acceptors (Lipinski definition) is 2. The molecule has 0 fully saturated rings. The highest BCUT2D eigenvalue weighted by Crippen LogP contribution is 2.17. The standard InChI is InChI=1S/C16H17FN2O/c1-3-11(2)19-16(20)13-6-9-15(18-10-13)12-4-7-14(17)8-5-12/h4-11H,3H2,1-2H3,(H,19,20)/t11-/m0/s1. The Balaban J connectivity index is 2.14. The summed E-state index contributed by atoms with van der Waals surface area (Å²) in [5.41, 5.74) is 2.06. The Morgan fingerprint density at radius 3 is 2.50 bits per heavy atom. The van der Waals surface area contributed by atoms with Crippen LogP contribution in [0.25, 0.3) is 11.3 Å². The highest BCUT2D eigenvalue weighted by Gasteiger charge is 2.09. The van der Waals surface area contributed by atoms with Gasteiger partial charge in [0.25, 0.3) is 5.91 Å². The number of halogens is 1. The first-order valence-electron chi connectivity index (χ1n) is 6.63. The lowest BCUT2D eigenvalue weighted by molar-refractivity contribution is 0.0939. The van der Waals surface area contributed by atoms with Crippen LogP contribution in [0.4, 0.5) is 4.39 Å². The zero-order valence-corrected chi connectivity index (χ0v) is 11.6. The number of carbonyl (C=O) groups is 1. The second-order valence-corrected chi connectivity index (χ2v) is 4.72. The Kier molecular flexibility index (Phi) is 4.45. The van der Waals surface area contributed by atoms with Gasteiger partial charge in [0.1, 0.15) is 5.82 Å². The summed E-state index contributed by atoms with van der Waals surface area (Å²) in [4.78, 5) is 16.2. The molecule has 1 aromatic carbocycles. The summed E-state index contributed by atoms with van der Waals surface area (Å²) in [6.45, 7) is 3.97. The van der Waals surface area contributed by atoms with Crippen LogP contribution in [-0.2, 0) is 0 Å². The highest BCUT2D eigenvalue weighted by atomic mass is 19.1. The van der Waals surface area contributed by atoms with Crippen molar-refractivity contribution in [1.29, 1.82) is 0 Å². The van der Waals surface area contributed by atoms with E-state index in [1.54, 1.807) is 24.3 Å². The van der Waals surface area contributed by atoms with Crippen molar-refractivity contribution in [3.63, 3.8) is 0 Å². The monoisotopic (exact) mass is 272 g/mol. The van der Waals surface area contributed by atoms with E-state index in [0.29, 0.717) is 11.3 Å². The van der Waals surface area contributed by atoms with E-state index < -0.39 is 0 Å². The van der Waals surface area contributed by atoms with Gasteiger partial charge in [-0.15, -0.1) is 0 Å². The van der Waals surface area contributed by atoms with Crippen molar-refractivity contribution in [2.24, 2.45) is 0 Å². The Bertz CT molecular complexity index is 578. The highest BCUT2D eigenvalue weighted by molar-refractivity contribution is 5.94. The predicted molar refractivity (Wildman–Crippen MR) is 76.9 cm³/mol. The van der Waals surface area contributed by atoms with Crippen LogP contribution in [-0.4, -0.2) is 16.9 Å². The summed E-state index contributed by atoms with van der Waals surface area (Å²) < 4.78 is 12.9. The fourth-order valence-electron chi connectivity index (χ4n) is 1.73. The molecule has 0 saturated carbocycles. The lowest BCUT2D eigenvalue weighted by atomic mass is 10.1. The third-order valence-electron chi connectivity index (χ3n) is 3.16. The molecular weight excluding hydrogens is 255 g/mol. The van der Waals surface area contributed by atoms with E-state index in [-0.39, 0.29) is 17.8 Å². The van der Waals surface area contributed by atoms with E-state index in [4.69, 9.17) is 0 Å². The van der Waals surface area contributed by atoms with Gasteiger partial charge < -0.3 is 5.32 Å². The average molecular weight is 272 g/mol. The Labute approximate surface area is 117 Å². The van der Waals surface area contributed by atoms with E-state index in [2.05, 4.69) is 10.3 Å². The minimum absolute atomic E-state index is 0.127. The van der Waals surface area contributed by atoms with Crippen LogP contribution < -0.4 is 5.32 Å².